The summed E-state index contributed by atoms with van der Waals surface area (Å²) in [6.45, 7) is 4.89. The Hall–Kier alpha value is -1.17. The molecule has 21 heavy (non-hydrogen) atoms. The lowest BCUT2D eigenvalue weighted by molar-refractivity contribution is 0.160. The Labute approximate surface area is 130 Å². The van der Waals surface area contributed by atoms with Crippen LogP contribution < -0.4 is 5.73 Å². The molecule has 2 aromatic heterocycles. The minimum Gasteiger partial charge on any atom is -0.444 e. The maximum Gasteiger partial charge on any atom is 0.236 e. The van der Waals surface area contributed by atoms with Gasteiger partial charge in [0.15, 0.2) is 0 Å². The number of hydrogen-bond acceptors (Lipinski definition) is 5. The molecule has 0 amide bonds. The average molecular weight is 305 g/mol. The van der Waals surface area contributed by atoms with E-state index in [-0.39, 0.29) is 0 Å². The van der Waals surface area contributed by atoms with Gasteiger partial charge < -0.3 is 10.2 Å². The normalized spacial score (nSPS) is 22.2. The molecule has 1 saturated carbocycles. The number of rotatable bonds is 6. The number of hydrogen-bond donors (Lipinski definition) is 1. The summed E-state index contributed by atoms with van der Waals surface area (Å²) in [5, 5.41) is 2.04. The van der Waals surface area contributed by atoms with E-state index < -0.39 is 0 Å². The molecule has 1 aliphatic carbocycles. The van der Waals surface area contributed by atoms with Crippen LogP contribution in [-0.2, 0) is 6.54 Å². The van der Waals surface area contributed by atoms with Crippen LogP contribution in [-0.4, -0.2) is 29.0 Å². The zero-order valence-corrected chi connectivity index (χ0v) is 13.3. The van der Waals surface area contributed by atoms with Crippen molar-refractivity contribution in [2.45, 2.75) is 38.8 Å². The predicted molar refractivity (Wildman–Crippen MR) is 86.1 cm³/mol. The van der Waals surface area contributed by atoms with Gasteiger partial charge in [-0.2, -0.15) is 0 Å². The van der Waals surface area contributed by atoms with Crippen LogP contribution in [0.1, 0.15) is 31.9 Å². The summed E-state index contributed by atoms with van der Waals surface area (Å²) in [5.74, 6) is 1.37. The molecule has 0 bridgehead atoms. The van der Waals surface area contributed by atoms with E-state index in [4.69, 9.17) is 10.2 Å². The first-order valence-electron chi connectivity index (χ1n) is 7.74. The molecule has 5 heteroatoms. The van der Waals surface area contributed by atoms with Crippen LogP contribution in [0.15, 0.2) is 28.2 Å². The molecular weight excluding hydrogens is 282 g/mol. The summed E-state index contributed by atoms with van der Waals surface area (Å²) in [4.78, 5) is 8.22. The highest BCUT2D eigenvalue weighted by atomic mass is 32.1. The second-order valence-electron chi connectivity index (χ2n) is 5.68. The maximum absolute atomic E-state index is 5.92. The molecule has 3 rings (SSSR count). The highest BCUT2D eigenvalue weighted by Crippen LogP contribution is 2.30. The lowest BCUT2D eigenvalue weighted by Crippen LogP contribution is -2.39. The molecule has 2 N–H and O–H groups in total. The zero-order chi connectivity index (χ0) is 14.7. The summed E-state index contributed by atoms with van der Waals surface area (Å²) in [5.41, 5.74) is 6.94. The minimum absolute atomic E-state index is 0.599. The summed E-state index contributed by atoms with van der Waals surface area (Å²) >= 11 is 1.66. The van der Waals surface area contributed by atoms with Gasteiger partial charge in [-0.15, -0.1) is 11.3 Å². The molecule has 0 aliphatic heterocycles. The molecule has 0 radical (unpaired) electrons. The number of nitrogens with zero attached hydrogens (tertiary/aromatic N) is 2. The number of aromatic nitrogens is 1. The highest BCUT2D eigenvalue weighted by Gasteiger charge is 2.30. The quantitative estimate of drug-likeness (QED) is 0.889. The Morgan fingerprint density at radius 2 is 2.38 bits per heavy atom. The van der Waals surface area contributed by atoms with Crippen LogP contribution in [0.25, 0.3) is 10.8 Å². The standard InChI is InChI=1S/C16H23N3OS/c1-2-19(14-6-3-5-12(14)9-17)10-13-11-20-16(18-13)15-7-4-8-21-15/h4,7-8,11-12,14H,2-3,5-6,9-10,17H2,1H3. The fourth-order valence-corrected chi connectivity index (χ4v) is 3.99. The first-order chi connectivity index (χ1) is 10.3. The molecule has 0 spiro atoms. The van der Waals surface area contributed by atoms with Gasteiger partial charge in [-0.3, -0.25) is 4.90 Å². The first-order valence-corrected chi connectivity index (χ1v) is 8.62. The van der Waals surface area contributed by atoms with Crippen LogP contribution >= 0.6 is 11.3 Å². The zero-order valence-electron chi connectivity index (χ0n) is 12.5. The van der Waals surface area contributed by atoms with Crippen molar-refractivity contribution >= 4 is 11.3 Å². The lowest BCUT2D eigenvalue weighted by Gasteiger charge is -2.31. The van der Waals surface area contributed by atoms with Crippen LogP contribution in [0.4, 0.5) is 0 Å². The lowest BCUT2D eigenvalue weighted by atomic mass is 10.0. The van der Waals surface area contributed by atoms with Crippen molar-refractivity contribution in [1.82, 2.24) is 9.88 Å². The number of oxazole rings is 1. The van der Waals surface area contributed by atoms with Crippen molar-refractivity contribution < 1.29 is 4.42 Å². The fourth-order valence-electron chi connectivity index (χ4n) is 3.34. The van der Waals surface area contributed by atoms with E-state index in [0.717, 1.165) is 36.1 Å². The van der Waals surface area contributed by atoms with Gasteiger partial charge in [0.1, 0.15) is 6.26 Å². The SMILES string of the molecule is CCN(Cc1coc(-c2cccs2)n1)C1CCCC1CN. The molecule has 114 valence electrons. The Bertz CT molecular complexity index is 552. The Morgan fingerprint density at radius 3 is 3.10 bits per heavy atom. The second-order valence-corrected chi connectivity index (χ2v) is 6.63. The van der Waals surface area contributed by atoms with Gasteiger partial charge in [-0.1, -0.05) is 19.4 Å². The monoisotopic (exact) mass is 305 g/mol. The molecule has 0 aromatic carbocycles. The Morgan fingerprint density at radius 1 is 1.48 bits per heavy atom. The highest BCUT2D eigenvalue weighted by molar-refractivity contribution is 7.13. The third-order valence-corrected chi connectivity index (χ3v) is 5.30. The van der Waals surface area contributed by atoms with E-state index in [2.05, 4.69) is 16.8 Å². The molecular formula is C16H23N3OS. The van der Waals surface area contributed by atoms with Gasteiger partial charge in [0.2, 0.25) is 5.89 Å². The molecule has 4 nitrogen and oxygen atoms in total. The molecule has 2 heterocycles. The van der Waals surface area contributed by atoms with Gasteiger partial charge in [-0.05, 0) is 43.3 Å². The summed E-state index contributed by atoms with van der Waals surface area (Å²) in [6.07, 6.45) is 5.61. The number of thiophene rings is 1. The van der Waals surface area contributed by atoms with Crippen molar-refractivity contribution in [3.63, 3.8) is 0 Å². The Balaban J connectivity index is 1.69. The van der Waals surface area contributed by atoms with Crippen LogP contribution in [0.5, 0.6) is 0 Å². The van der Waals surface area contributed by atoms with Crippen LogP contribution in [0.2, 0.25) is 0 Å². The molecule has 2 unspecified atom stereocenters. The van der Waals surface area contributed by atoms with Crippen LogP contribution in [0.3, 0.4) is 0 Å². The minimum atomic E-state index is 0.599. The molecule has 2 atom stereocenters. The third kappa shape index (κ3) is 3.20. The van der Waals surface area contributed by atoms with E-state index in [1.807, 2.05) is 17.5 Å². The average Bonchev–Trinajstić information content (AvgIpc) is 3.23. The van der Waals surface area contributed by atoms with Gasteiger partial charge in [0.05, 0.1) is 10.6 Å². The van der Waals surface area contributed by atoms with Crippen molar-refractivity contribution in [3.8, 4) is 10.8 Å². The van der Waals surface area contributed by atoms with Crippen molar-refractivity contribution in [2.24, 2.45) is 11.7 Å². The van der Waals surface area contributed by atoms with E-state index in [0.29, 0.717) is 12.0 Å². The fraction of sp³-hybridized carbons (Fsp3) is 0.562. The summed E-state index contributed by atoms with van der Waals surface area (Å²) < 4.78 is 5.62. The van der Waals surface area contributed by atoms with E-state index in [9.17, 15) is 0 Å². The first kappa shape index (κ1) is 14.8. The van der Waals surface area contributed by atoms with Gasteiger partial charge >= 0.3 is 0 Å². The summed E-state index contributed by atoms with van der Waals surface area (Å²) in [7, 11) is 0. The topological polar surface area (TPSA) is 55.3 Å². The van der Waals surface area contributed by atoms with Crippen molar-refractivity contribution in [2.75, 3.05) is 13.1 Å². The largest absolute Gasteiger partial charge is 0.444 e. The molecule has 1 fully saturated rings. The van der Waals surface area contributed by atoms with Crippen molar-refractivity contribution in [1.29, 1.82) is 0 Å². The Kier molecular flexibility index (Phi) is 4.73. The van der Waals surface area contributed by atoms with Gasteiger partial charge in [-0.25, -0.2) is 4.98 Å². The number of nitrogens with two attached hydrogens (primary N) is 1. The third-order valence-electron chi connectivity index (χ3n) is 4.45. The van der Waals surface area contributed by atoms with Crippen molar-refractivity contribution in [3.05, 3.63) is 29.5 Å². The second kappa shape index (κ2) is 6.73. The molecule has 1 aliphatic rings. The smallest absolute Gasteiger partial charge is 0.236 e. The molecule has 0 saturated heterocycles. The van der Waals surface area contributed by atoms with Gasteiger partial charge in [0.25, 0.3) is 0 Å². The summed E-state index contributed by atoms with van der Waals surface area (Å²) in [6, 6.07) is 4.66. The van der Waals surface area contributed by atoms with Gasteiger partial charge in [0, 0.05) is 12.6 Å². The predicted octanol–water partition coefficient (Wildman–Crippen LogP) is 3.35. The van der Waals surface area contributed by atoms with Crippen LogP contribution in [0, 0.1) is 5.92 Å². The van der Waals surface area contributed by atoms with E-state index in [1.165, 1.54) is 19.3 Å². The van der Waals surface area contributed by atoms with E-state index >= 15 is 0 Å². The molecule has 2 aromatic rings. The maximum atomic E-state index is 5.92. The van der Waals surface area contributed by atoms with E-state index in [1.54, 1.807) is 17.6 Å².